The number of aromatic amines is 1. The van der Waals surface area contributed by atoms with Crippen LogP contribution in [-0.2, 0) is 0 Å². The molecule has 1 aromatic heterocycles. The first kappa shape index (κ1) is 16.1. The van der Waals surface area contributed by atoms with Gasteiger partial charge in [0.05, 0.1) is 11.4 Å². The fourth-order valence-electron chi connectivity index (χ4n) is 2.59. The van der Waals surface area contributed by atoms with Crippen molar-refractivity contribution in [2.24, 2.45) is 0 Å². The molecule has 4 nitrogen and oxygen atoms in total. The summed E-state index contributed by atoms with van der Waals surface area (Å²) >= 11 is 0. The Bertz CT molecular complexity index is 806. The zero-order valence-corrected chi connectivity index (χ0v) is 14.3. The summed E-state index contributed by atoms with van der Waals surface area (Å²) in [5.41, 5.74) is 10.7. The summed E-state index contributed by atoms with van der Waals surface area (Å²) in [4.78, 5) is 0. The fraction of sp³-hybridized carbons (Fsp3) is 0.250. The van der Waals surface area contributed by atoms with Crippen LogP contribution in [-0.4, -0.2) is 10.2 Å². The molecule has 0 saturated heterocycles. The van der Waals surface area contributed by atoms with E-state index >= 15 is 0 Å². The average Bonchev–Trinajstić information content (AvgIpc) is 3.05. The number of rotatable bonds is 5. The molecule has 0 aliphatic heterocycles. The molecule has 4 heteroatoms. The first-order valence-corrected chi connectivity index (χ1v) is 8.21. The Morgan fingerprint density at radius 2 is 1.75 bits per heavy atom. The van der Waals surface area contributed by atoms with Crippen LogP contribution in [0, 0.1) is 0 Å². The van der Waals surface area contributed by atoms with Crippen LogP contribution < -0.4 is 10.5 Å². The van der Waals surface area contributed by atoms with E-state index in [1.165, 1.54) is 5.56 Å². The van der Waals surface area contributed by atoms with Crippen LogP contribution in [0.4, 0.5) is 5.69 Å². The van der Waals surface area contributed by atoms with Gasteiger partial charge < -0.3 is 10.5 Å². The molecule has 1 atom stereocenters. The zero-order chi connectivity index (χ0) is 17.1. The van der Waals surface area contributed by atoms with Crippen LogP contribution in [0.2, 0.25) is 0 Å². The Labute approximate surface area is 142 Å². The van der Waals surface area contributed by atoms with Gasteiger partial charge in [0.15, 0.2) is 0 Å². The Balaban J connectivity index is 1.72. The van der Waals surface area contributed by atoms with Gasteiger partial charge >= 0.3 is 0 Å². The van der Waals surface area contributed by atoms with E-state index in [9.17, 15) is 0 Å². The smallest absolute Gasteiger partial charge is 0.137 e. The Morgan fingerprint density at radius 1 is 1.00 bits per heavy atom. The minimum absolute atomic E-state index is 0.114. The van der Waals surface area contributed by atoms with Crippen LogP contribution in [0.1, 0.15) is 44.1 Å². The highest BCUT2D eigenvalue weighted by atomic mass is 16.5. The molecule has 0 aliphatic carbocycles. The van der Waals surface area contributed by atoms with Gasteiger partial charge in [-0.25, -0.2) is 0 Å². The van der Waals surface area contributed by atoms with E-state index in [1.807, 2.05) is 49.4 Å². The van der Waals surface area contributed by atoms with Crippen LogP contribution in [0.5, 0.6) is 5.75 Å². The number of nitrogens with zero attached hydrogens (tertiary/aromatic N) is 1. The summed E-state index contributed by atoms with van der Waals surface area (Å²) in [6.45, 7) is 6.37. The molecule has 0 saturated carbocycles. The third-order valence-electron chi connectivity index (χ3n) is 4.08. The van der Waals surface area contributed by atoms with Gasteiger partial charge in [-0.2, -0.15) is 5.10 Å². The second-order valence-electron chi connectivity index (χ2n) is 6.32. The lowest BCUT2D eigenvalue weighted by Gasteiger charge is -2.14. The number of nitrogens with one attached hydrogen (secondary N) is 1. The highest BCUT2D eigenvalue weighted by molar-refractivity contribution is 5.64. The van der Waals surface area contributed by atoms with Crippen molar-refractivity contribution in [2.75, 3.05) is 5.73 Å². The number of H-pyrrole nitrogens is 1. The molecule has 124 valence electrons. The van der Waals surface area contributed by atoms with Crippen molar-refractivity contribution >= 4 is 5.69 Å². The summed E-state index contributed by atoms with van der Waals surface area (Å²) < 4.78 is 6.01. The van der Waals surface area contributed by atoms with E-state index < -0.39 is 0 Å². The summed E-state index contributed by atoms with van der Waals surface area (Å²) in [7, 11) is 0. The van der Waals surface area contributed by atoms with Gasteiger partial charge in [-0.05, 0) is 48.7 Å². The molecule has 2 aromatic carbocycles. The molecule has 0 spiro atoms. The molecule has 1 heterocycles. The van der Waals surface area contributed by atoms with E-state index in [2.05, 4.69) is 36.2 Å². The van der Waals surface area contributed by atoms with Crippen LogP contribution in [0.3, 0.4) is 0 Å². The molecule has 3 N–H and O–H groups in total. The lowest BCUT2D eigenvalue weighted by molar-refractivity contribution is 0.222. The number of nitrogens with two attached hydrogens (primary N) is 1. The van der Waals surface area contributed by atoms with Crippen LogP contribution >= 0.6 is 0 Å². The monoisotopic (exact) mass is 321 g/mol. The second-order valence-corrected chi connectivity index (χ2v) is 6.32. The molecule has 3 rings (SSSR count). The van der Waals surface area contributed by atoms with Crippen molar-refractivity contribution in [3.05, 3.63) is 65.9 Å². The lowest BCUT2D eigenvalue weighted by Crippen LogP contribution is -2.03. The molecule has 1 unspecified atom stereocenters. The number of hydrogen-bond acceptors (Lipinski definition) is 3. The molecule has 0 radical (unpaired) electrons. The predicted molar refractivity (Wildman–Crippen MR) is 98.0 cm³/mol. The van der Waals surface area contributed by atoms with Crippen LogP contribution in [0.25, 0.3) is 11.3 Å². The quantitative estimate of drug-likeness (QED) is 0.655. The number of nitrogen functional groups attached to an aromatic ring is 1. The van der Waals surface area contributed by atoms with E-state index in [1.54, 1.807) is 0 Å². The van der Waals surface area contributed by atoms with Gasteiger partial charge in [0.2, 0.25) is 0 Å². The molecular formula is C20H23N3O. The molecule has 0 amide bonds. The molecule has 3 aromatic rings. The summed E-state index contributed by atoms with van der Waals surface area (Å²) in [5.74, 6) is 1.37. The second kappa shape index (κ2) is 6.79. The lowest BCUT2D eigenvalue weighted by atomic mass is 10.0. The molecule has 24 heavy (non-hydrogen) atoms. The highest BCUT2D eigenvalue weighted by Gasteiger charge is 2.12. The normalized spacial score (nSPS) is 12.3. The first-order valence-electron chi connectivity index (χ1n) is 8.21. The van der Waals surface area contributed by atoms with Gasteiger partial charge in [-0.3, -0.25) is 5.10 Å². The van der Waals surface area contributed by atoms with Gasteiger partial charge in [0, 0.05) is 11.3 Å². The molecule has 0 bridgehead atoms. The third kappa shape index (κ3) is 3.59. The Kier molecular flexibility index (Phi) is 4.56. The summed E-state index contributed by atoms with van der Waals surface area (Å²) in [6.07, 6.45) is -0.114. The number of hydrogen-bond donors (Lipinski definition) is 2. The highest BCUT2D eigenvalue weighted by Crippen LogP contribution is 2.26. The van der Waals surface area contributed by atoms with Gasteiger partial charge in [-0.15, -0.1) is 0 Å². The maximum atomic E-state index is 6.01. The van der Waals surface area contributed by atoms with Crippen LogP contribution in [0.15, 0.2) is 54.6 Å². The minimum Gasteiger partial charge on any atom is -0.484 e. The number of aromatic nitrogens is 2. The van der Waals surface area contributed by atoms with Gasteiger partial charge in [0.1, 0.15) is 11.9 Å². The van der Waals surface area contributed by atoms with E-state index in [0.29, 0.717) is 5.92 Å². The van der Waals surface area contributed by atoms with E-state index in [-0.39, 0.29) is 6.10 Å². The maximum absolute atomic E-state index is 6.01. The maximum Gasteiger partial charge on any atom is 0.137 e. The molecular weight excluding hydrogens is 298 g/mol. The molecule has 0 aliphatic rings. The average molecular weight is 321 g/mol. The van der Waals surface area contributed by atoms with Crippen molar-refractivity contribution in [3.63, 3.8) is 0 Å². The number of ether oxygens (including phenoxy) is 1. The number of anilines is 1. The zero-order valence-electron chi connectivity index (χ0n) is 14.3. The largest absolute Gasteiger partial charge is 0.484 e. The molecule has 0 fully saturated rings. The number of benzene rings is 2. The van der Waals surface area contributed by atoms with Gasteiger partial charge in [0.25, 0.3) is 0 Å². The SMILES string of the molecule is CC(C)c1ccc(OC(C)c2cc(-c3cccc(N)c3)n[nH]2)cc1. The first-order chi connectivity index (χ1) is 11.5. The topological polar surface area (TPSA) is 63.9 Å². The van der Waals surface area contributed by atoms with Crippen molar-refractivity contribution < 1.29 is 4.74 Å². The minimum atomic E-state index is -0.114. The van der Waals surface area contributed by atoms with Crippen molar-refractivity contribution in [3.8, 4) is 17.0 Å². The summed E-state index contributed by atoms with van der Waals surface area (Å²) in [5, 5.41) is 7.42. The van der Waals surface area contributed by atoms with Crippen molar-refractivity contribution in [1.82, 2.24) is 10.2 Å². The standard InChI is InChI=1S/C20H23N3O/c1-13(2)15-7-9-18(10-8-15)24-14(3)19-12-20(23-22-19)16-5-4-6-17(21)11-16/h4-14H,21H2,1-3H3,(H,22,23). The van der Waals surface area contributed by atoms with E-state index in [0.717, 1.165) is 28.4 Å². The van der Waals surface area contributed by atoms with Gasteiger partial charge in [-0.1, -0.05) is 38.1 Å². The summed E-state index contributed by atoms with van der Waals surface area (Å²) in [6, 6.07) is 17.9. The predicted octanol–water partition coefficient (Wildman–Crippen LogP) is 4.92. The van der Waals surface area contributed by atoms with E-state index in [4.69, 9.17) is 10.5 Å². The van der Waals surface area contributed by atoms with Crippen molar-refractivity contribution in [2.45, 2.75) is 32.8 Å². The fourth-order valence-corrected chi connectivity index (χ4v) is 2.59. The van der Waals surface area contributed by atoms with Crippen molar-refractivity contribution in [1.29, 1.82) is 0 Å². The Morgan fingerprint density at radius 3 is 2.42 bits per heavy atom. The third-order valence-corrected chi connectivity index (χ3v) is 4.08. The Hall–Kier alpha value is -2.75.